The van der Waals surface area contributed by atoms with Crippen LogP contribution >= 0.6 is 11.8 Å². The second-order valence-corrected chi connectivity index (χ2v) is 6.26. The molecular weight excluding hydrogens is 316 g/mol. The Bertz CT molecular complexity index is 717. The predicted molar refractivity (Wildman–Crippen MR) is 85.5 cm³/mol. The van der Waals surface area contributed by atoms with E-state index in [0.717, 1.165) is 22.3 Å². The lowest BCUT2D eigenvalue weighted by atomic mass is 10.1. The minimum Gasteiger partial charge on any atom is -0.454 e. The fourth-order valence-corrected chi connectivity index (χ4v) is 2.89. The molecule has 2 heterocycles. The molecule has 0 saturated heterocycles. The van der Waals surface area contributed by atoms with Crippen LogP contribution in [0.1, 0.15) is 18.3 Å². The van der Waals surface area contributed by atoms with Gasteiger partial charge in [0.15, 0.2) is 22.5 Å². The molecule has 0 aliphatic carbocycles. The van der Waals surface area contributed by atoms with Crippen molar-refractivity contribution in [3.63, 3.8) is 0 Å². The highest BCUT2D eigenvalue weighted by atomic mass is 32.2. The number of nitrogens with one attached hydrogen (secondary N) is 1. The predicted octanol–water partition coefficient (Wildman–Crippen LogP) is 1.51. The van der Waals surface area contributed by atoms with E-state index in [9.17, 15) is 4.79 Å². The summed E-state index contributed by atoms with van der Waals surface area (Å²) in [5, 5.41) is 11.9. The molecule has 7 nitrogen and oxygen atoms in total. The SMILES string of the molecule is CCSc1nnc(CNC(=O)Cc2ccc3c(c2)OCO3)n1C. The molecule has 122 valence electrons. The normalized spacial score (nSPS) is 12.4. The van der Waals surface area contributed by atoms with Gasteiger partial charge in [-0.2, -0.15) is 0 Å². The lowest BCUT2D eigenvalue weighted by Gasteiger charge is -2.06. The van der Waals surface area contributed by atoms with Crippen molar-refractivity contribution in [2.24, 2.45) is 7.05 Å². The van der Waals surface area contributed by atoms with Crippen LogP contribution < -0.4 is 14.8 Å². The maximum Gasteiger partial charge on any atom is 0.231 e. The molecular formula is C15H18N4O3S. The first kappa shape index (κ1) is 15.7. The van der Waals surface area contributed by atoms with Gasteiger partial charge in [-0.25, -0.2) is 0 Å². The molecule has 0 radical (unpaired) electrons. The van der Waals surface area contributed by atoms with Crippen LogP contribution in [0.3, 0.4) is 0 Å². The zero-order valence-corrected chi connectivity index (χ0v) is 13.9. The third-order valence-electron chi connectivity index (χ3n) is 3.44. The van der Waals surface area contributed by atoms with Crippen molar-refractivity contribution in [2.45, 2.75) is 25.0 Å². The molecule has 1 aliphatic heterocycles. The van der Waals surface area contributed by atoms with E-state index in [1.165, 1.54) is 0 Å². The zero-order valence-electron chi connectivity index (χ0n) is 13.0. The molecule has 1 aliphatic rings. The average molecular weight is 334 g/mol. The van der Waals surface area contributed by atoms with Crippen molar-refractivity contribution in [1.82, 2.24) is 20.1 Å². The summed E-state index contributed by atoms with van der Waals surface area (Å²) in [5.41, 5.74) is 0.881. The number of hydrogen-bond acceptors (Lipinski definition) is 6. The Kier molecular flexibility index (Phi) is 4.71. The number of hydrogen-bond donors (Lipinski definition) is 1. The smallest absolute Gasteiger partial charge is 0.231 e. The van der Waals surface area contributed by atoms with E-state index < -0.39 is 0 Å². The van der Waals surface area contributed by atoms with E-state index in [4.69, 9.17) is 9.47 Å². The average Bonchev–Trinajstić information content (AvgIpc) is 3.13. The maximum atomic E-state index is 12.1. The van der Waals surface area contributed by atoms with Crippen LogP contribution in [0, 0.1) is 0 Å². The lowest BCUT2D eigenvalue weighted by molar-refractivity contribution is -0.120. The molecule has 3 rings (SSSR count). The van der Waals surface area contributed by atoms with Crippen LogP contribution in [0.25, 0.3) is 0 Å². The Morgan fingerprint density at radius 1 is 1.35 bits per heavy atom. The molecule has 0 spiro atoms. The maximum absolute atomic E-state index is 12.1. The van der Waals surface area contributed by atoms with Gasteiger partial charge in [-0.05, 0) is 23.4 Å². The van der Waals surface area contributed by atoms with Gasteiger partial charge in [-0.1, -0.05) is 24.8 Å². The van der Waals surface area contributed by atoms with Crippen LogP contribution in [-0.2, 0) is 24.8 Å². The number of thioether (sulfide) groups is 1. The summed E-state index contributed by atoms with van der Waals surface area (Å²) in [7, 11) is 1.90. The van der Waals surface area contributed by atoms with Gasteiger partial charge in [0.1, 0.15) is 0 Å². The van der Waals surface area contributed by atoms with Gasteiger partial charge in [0.2, 0.25) is 12.7 Å². The second kappa shape index (κ2) is 6.91. The first-order valence-corrected chi connectivity index (χ1v) is 8.32. The molecule has 0 fully saturated rings. The van der Waals surface area contributed by atoms with Gasteiger partial charge in [-0.15, -0.1) is 10.2 Å². The fourth-order valence-electron chi connectivity index (χ4n) is 2.23. The molecule has 2 aromatic rings. The molecule has 1 amide bonds. The summed E-state index contributed by atoms with van der Waals surface area (Å²) in [5.74, 6) is 3.00. The minimum absolute atomic E-state index is 0.0726. The number of carbonyl (C=O) groups is 1. The van der Waals surface area contributed by atoms with Crippen LogP contribution in [0.2, 0.25) is 0 Å². The lowest BCUT2D eigenvalue weighted by Crippen LogP contribution is -2.26. The van der Waals surface area contributed by atoms with Crippen molar-refractivity contribution in [3.05, 3.63) is 29.6 Å². The van der Waals surface area contributed by atoms with Crippen LogP contribution in [0.4, 0.5) is 0 Å². The largest absolute Gasteiger partial charge is 0.454 e. The minimum atomic E-state index is -0.0726. The van der Waals surface area contributed by atoms with Crippen LogP contribution in [0.15, 0.2) is 23.4 Å². The van der Waals surface area contributed by atoms with Crippen molar-refractivity contribution < 1.29 is 14.3 Å². The summed E-state index contributed by atoms with van der Waals surface area (Å²) >= 11 is 1.62. The van der Waals surface area contributed by atoms with Crippen molar-refractivity contribution in [3.8, 4) is 11.5 Å². The summed E-state index contributed by atoms with van der Waals surface area (Å²) in [4.78, 5) is 12.1. The standard InChI is InChI=1S/C15H18N4O3S/c1-3-23-15-18-17-13(19(15)2)8-16-14(20)7-10-4-5-11-12(6-10)22-9-21-11/h4-6H,3,7-9H2,1-2H3,(H,16,20). The van der Waals surface area contributed by atoms with Gasteiger partial charge >= 0.3 is 0 Å². The number of benzene rings is 1. The van der Waals surface area contributed by atoms with Gasteiger partial charge in [0, 0.05) is 7.05 Å². The summed E-state index contributed by atoms with van der Waals surface area (Å²) in [6, 6.07) is 5.52. The topological polar surface area (TPSA) is 78.3 Å². The molecule has 0 bridgehead atoms. The van der Waals surface area contributed by atoms with Crippen molar-refractivity contribution in [1.29, 1.82) is 0 Å². The Morgan fingerprint density at radius 3 is 3.00 bits per heavy atom. The van der Waals surface area contributed by atoms with Crippen LogP contribution in [-0.4, -0.2) is 33.2 Å². The molecule has 8 heteroatoms. The number of nitrogens with zero attached hydrogens (tertiary/aromatic N) is 3. The van der Waals surface area contributed by atoms with E-state index in [2.05, 4.69) is 22.4 Å². The Labute approximate surface area is 138 Å². The third-order valence-corrected chi connectivity index (χ3v) is 4.35. The van der Waals surface area contributed by atoms with E-state index in [1.54, 1.807) is 11.8 Å². The zero-order chi connectivity index (χ0) is 16.2. The van der Waals surface area contributed by atoms with Gasteiger partial charge in [0.25, 0.3) is 0 Å². The Balaban J connectivity index is 1.55. The third kappa shape index (κ3) is 3.58. The summed E-state index contributed by atoms with van der Waals surface area (Å²) in [6.45, 7) is 2.65. The molecule has 1 N–H and O–H groups in total. The molecule has 0 unspecified atom stereocenters. The summed E-state index contributed by atoms with van der Waals surface area (Å²) < 4.78 is 12.5. The molecule has 1 aromatic carbocycles. The highest BCUT2D eigenvalue weighted by Gasteiger charge is 2.15. The van der Waals surface area contributed by atoms with E-state index in [1.807, 2.05) is 29.8 Å². The highest BCUT2D eigenvalue weighted by molar-refractivity contribution is 7.99. The first-order chi connectivity index (χ1) is 11.2. The number of fused-ring (bicyclic) bond motifs is 1. The quantitative estimate of drug-likeness (QED) is 0.807. The second-order valence-electron chi connectivity index (χ2n) is 5.03. The number of carbonyl (C=O) groups excluding carboxylic acids is 1. The number of aromatic nitrogens is 3. The van der Waals surface area contributed by atoms with Crippen molar-refractivity contribution in [2.75, 3.05) is 12.5 Å². The highest BCUT2D eigenvalue weighted by Crippen LogP contribution is 2.32. The van der Waals surface area contributed by atoms with Gasteiger partial charge in [-0.3, -0.25) is 4.79 Å². The van der Waals surface area contributed by atoms with Crippen LogP contribution in [0.5, 0.6) is 11.5 Å². The van der Waals surface area contributed by atoms with E-state index in [0.29, 0.717) is 18.0 Å². The molecule has 0 atom stereocenters. The monoisotopic (exact) mass is 334 g/mol. The molecule has 1 aromatic heterocycles. The Morgan fingerprint density at radius 2 is 2.17 bits per heavy atom. The van der Waals surface area contributed by atoms with E-state index >= 15 is 0 Å². The fraction of sp³-hybridized carbons (Fsp3) is 0.400. The van der Waals surface area contributed by atoms with Crippen molar-refractivity contribution >= 4 is 17.7 Å². The summed E-state index contributed by atoms with van der Waals surface area (Å²) in [6.07, 6.45) is 0.283. The van der Waals surface area contributed by atoms with E-state index in [-0.39, 0.29) is 19.1 Å². The molecule has 23 heavy (non-hydrogen) atoms. The van der Waals surface area contributed by atoms with Gasteiger partial charge < -0.3 is 19.4 Å². The first-order valence-electron chi connectivity index (χ1n) is 7.33. The van der Waals surface area contributed by atoms with Gasteiger partial charge in [0.05, 0.1) is 13.0 Å². The number of rotatable bonds is 6. The molecule has 0 saturated carbocycles. The number of ether oxygens (including phenoxy) is 2. The number of amides is 1. The Hall–Kier alpha value is -2.22.